The van der Waals surface area contributed by atoms with Crippen molar-refractivity contribution in [1.29, 1.82) is 0 Å². The summed E-state index contributed by atoms with van der Waals surface area (Å²) in [5.74, 6) is -0.928. The van der Waals surface area contributed by atoms with Crippen molar-refractivity contribution >= 4 is 17.2 Å². The molecule has 0 amide bonds. The van der Waals surface area contributed by atoms with Gasteiger partial charge >= 0.3 is 5.69 Å². The molecule has 0 saturated heterocycles. The molecule has 1 aromatic rings. The van der Waals surface area contributed by atoms with E-state index in [1.165, 1.54) is 13.0 Å². The molecular formula is C8H8N2O4. The minimum absolute atomic E-state index is 0.0366. The topological polar surface area (TPSA) is 106 Å². The van der Waals surface area contributed by atoms with Crippen LogP contribution in [0.5, 0.6) is 5.75 Å². The molecule has 0 aromatic heterocycles. The maximum absolute atomic E-state index is 11.0. The summed E-state index contributed by atoms with van der Waals surface area (Å²) in [4.78, 5) is 20.6. The Hall–Kier alpha value is -2.11. The zero-order valence-corrected chi connectivity index (χ0v) is 7.35. The minimum atomic E-state index is -0.822. The van der Waals surface area contributed by atoms with Gasteiger partial charge in [0.15, 0.2) is 11.5 Å². The number of carbonyl (C=O) groups is 1. The summed E-state index contributed by atoms with van der Waals surface area (Å²) >= 11 is 0. The first-order chi connectivity index (χ1) is 6.45. The monoisotopic (exact) mass is 196 g/mol. The second kappa shape index (κ2) is 3.33. The second-order valence-electron chi connectivity index (χ2n) is 2.71. The molecule has 14 heavy (non-hydrogen) atoms. The van der Waals surface area contributed by atoms with E-state index < -0.39 is 16.4 Å². The smallest absolute Gasteiger partial charge is 0.334 e. The van der Waals surface area contributed by atoms with Crippen molar-refractivity contribution in [1.82, 2.24) is 0 Å². The number of nitro benzene ring substituents is 1. The lowest BCUT2D eigenvalue weighted by molar-refractivity contribution is -0.384. The third kappa shape index (κ3) is 1.49. The first-order valence-electron chi connectivity index (χ1n) is 3.72. The molecule has 74 valence electrons. The van der Waals surface area contributed by atoms with Crippen molar-refractivity contribution in [2.75, 3.05) is 5.73 Å². The third-order valence-corrected chi connectivity index (χ3v) is 1.76. The van der Waals surface area contributed by atoms with E-state index >= 15 is 0 Å². The molecule has 0 unspecified atom stereocenters. The zero-order chi connectivity index (χ0) is 10.9. The Kier molecular flexibility index (Phi) is 2.37. The van der Waals surface area contributed by atoms with Crippen LogP contribution in [0.25, 0.3) is 0 Å². The van der Waals surface area contributed by atoms with E-state index in [0.717, 1.165) is 6.07 Å². The first-order valence-corrected chi connectivity index (χ1v) is 3.72. The number of nitrogens with zero attached hydrogens (tertiary/aromatic N) is 1. The number of phenols is 1. The normalized spacial score (nSPS) is 9.79. The summed E-state index contributed by atoms with van der Waals surface area (Å²) in [6, 6.07) is 2.32. The SMILES string of the molecule is CC(=O)c1ccc(O)c([N+](=O)[O-])c1N. The fraction of sp³-hybridized carbons (Fsp3) is 0.125. The molecule has 6 nitrogen and oxygen atoms in total. The van der Waals surface area contributed by atoms with E-state index in [9.17, 15) is 14.9 Å². The predicted octanol–water partition coefficient (Wildman–Crippen LogP) is 1.09. The Morgan fingerprint density at radius 2 is 2.14 bits per heavy atom. The lowest BCUT2D eigenvalue weighted by atomic mass is 10.1. The largest absolute Gasteiger partial charge is 0.502 e. The number of phenolic OH excluding ortho intramolecular Hbond substituents is 1. The summed E-state index contributed by atoms with van der Waals surface area (Å²) in [5.41, 5.74) is 4.47. The van der Waals surface area contributed by atoms with E-state index in [2.05, 4.69) is 0 Å². The summed E-state index contributed by atoms with van der Waals surface area (Å²) in [7, 11) is 0. The molecular weight excluding hydrogens is 188 g/mol. The number of carbonyl (C=O) groups excluding carboxylic acids is 1. The van der Waals surface area contributed by atoms with Crippen LogP contribution in [0.4, 0.5) is 11.4 Å². The molecule has 0 heterocycles. The zero-order valence-electron chi connectivity index (χ0n) is 7.35. The standard InChI is InChI=1S/C8H8N2O4/c1-4(11)5-2-3-6(12)8(7(5)9)10(13)14/h2-3,12H,9H2,1H3. The summed E-state index contributed by atoms with van der Waals surface area (Å²) < 4.78 is 0. The second-order valence-corrected chi connectivity index (χ2v) is 2.71. The van der Waals surface area contributed by atoms with Crippen LogP contribution in [0.2, 0.25) is 0 Å². The fourth-order valence-corrected chi connectivity index (χ4v) is 1.10. The van der Waals surface area contributed by atoms with Gasteiger partial charge in [0.05, 0.1) is 4.92 Å². The van der Waals surface area contributed by atoms with Crippen LogP contribution in [0, 0.1) is 10.1 Å². The number of hydrogen-bond donors (Lipinski definition) is 2. The van der Waals surface area contributed by atoms with Gasteiger partial charge in [-0.05, 0) is 19.1 Å². The molecule has 0 spiro atoms. The van der Waals surface area contributed by atoms with Gasteiger partial charge in [-0.15, -0.1) is 0 Å². The number of anilines is 1. The van der Waals surface area contributed by atoms with Gasteiger partial charge in [0.25, 0.3) is 0 Å². The van der Waals surface area contributed by atoms with E-state index in [4.69, 9.17) is 10.8 Å². The highest BCUT2D eigenvalue weighted by molar-refractivity contribution is 6.01. The molecule has 0 aliphatic heterocycles. The first kappa shape index (κ1) is 9.97. The number of nitrogen functional groups attached to an aromatic ring is 1. The molecule has 0 radical (unpaired) electrons. The minimum Gasteiger partial charge on any atom is -0.502 e. The number of nitrogens with two attached hydrogens (primary N) is 1. The van der Waals surface area contributed by atoms with Gasteiger partial charge in [-0.3, -0.25) is 14.9 Å². The molecule has 0 atom stereocenters. The Bertz CT molecular complexity index is 414. The van der Waals surface area contributed by atoms with Gasteiger partial charge < -0.3 is 10.8 Å². The number of aromatic hydroxyl groups is 1. The van der Waals surface area contributed by atoms with E-state index in [1.54, 1.807) is 0 Å². The van der Waals surface area contributed by atoms with Gasteiger partial charge in [-0.25, -0.2) is 0 Å². The Morgan fingerprint density at radius 3 is 2.57 bits per heavy atom. The summed E-state index contributed by atoms with van der Waals surface area (Å²) in [6.45, 7) is 1.24. The van der Waals surface area contributed by atoms with E-state index in [0.29, 0.717) is 0 Å². The van der Waals surface area contributed by atoms with Crippen LogP contribution in [0.15, 0.2) is 12.1 Å². The number of hydrogen-bond acceptors (Lipinski definition) is 5. The lowest BCUT2D eigenvalue weighted by Gasteiger charge is -2.03. The van der Waals surface area contributed by atoms with Crippen molar-refractivity contribution in [2.24, 2.45) is 0 Å². The summed E-state index contributed by atoms with van der Waals surface area (Å²) in [5, 5.41) is 19.6. The van der Waals surface area contributed by atoms with Crippen molar-refractivity contribution in [3.63, 3.8) is 0 Å². The van der Waals surface area contributed by atoms with E-state index in [1.807, 2.05) is 0 Å². The third-order valence-electron chi connectivity index (χ3n) is 1.76. The number of nitro groups is 1. The van der Waals surface area contributed by atoms with Gasteiger partial charge in [-0.2, -0.15) is 0 Å². The highest BCUT2D eigenvalue weighted by Gasteiger charge is 2.22. The molecule has 0 saturated carbocycles. The average Bonchev–Trinajstić information content (AvgIpc) is 2.02. The van der Waals surface area contributed by atoms with Crippen molar-refractivity contribution in [2.45, 2.75) is 6.92 Å². The highest BCUT2D eigenvalue weighted by atomic mass is 16.6. The number of ketones is 1. The quantitative estimate of drug-likeness (QED) is 0.318. The molecule has 3 N–H and O–H groups in total. The fourth-order valence-electron chi connectivity index (χ4n) is 1.10. The number of rotatable bonds is 2. The molecule has 1 aromatic carbocycles. The predicted molar refractivity (Wildman–Crippen MR) is 49.2 cm³/mol. The van der Waals surface area contributed by atoms with Crippen molar-refractivity contribution < 1.29 is 14.8 Å². The molecule has 0 aliphatic carbocycles. The molecule has 0 fully saturated rings. The van der Waals surface area contributed by atoms with Gasteiger partial charge in [0.2, 0.25) is 0 Å². The van der Waals surface area contributed by atoms with Crippen LogP contribution in [0.3, 0.4) is 0 Å². The average molecular weight is 196 g/mol. The molecule has 0 bridgehead atoms. The molecule has 6 heteroatoms. The number of benzene rings is 1. The van der Waals surface area contributed by atoms with Gasteiger partial charge in [-0.1, -0.05) is 0 Å². The van der Waals surface area contributed by atoms with Gasteiger partial charge in [0.1, 0.15) is 5.69 Å². The van der Waals surface area contributed by atoms with Gasteiger partial charge in [0, 0.05) is 5.56 Å². The van der Waals surface area contributed by atoms with Crippen LogP contribution in [-0.2, 0) is 0 Å². The Labute approximate surface area is 79.1 Å². The van der Waals surface area contributed by atoms with Crippen LogP contribution >= 0.6 is 0 Å². The van der Waals surface area contributed by atoms with Crippen molar-refractivity contribution in [3.8, 4) is 5.75 Å². The maximum Gasteiger partial charge on any atom is 0.334 e. The Balaban J connectivity index is 3.49. The van der Waals surface area contributed by atoms with Crippen LogP contribution in [-0.4, -0.2) is 15.8 Å². The van der Waals surface area contributed by atoms with E-state index in [-0.39, 0.29) is 17.0 Å². The summed E-state index contributed by atoms with van der Waals surface area (Å²) in [6.07, 6.45) is 0. The maximum atomic E-state index is 11.0. The van der Waals surface area contributed by atoms with Crippen molar-refractivity contribution in [3.05, 3.63) is 27.8 Å². The number of Topliss-reactive ketones (excluding diaryl/α,β-unsaturated/α-hetero) is 1. The highest BCUT2D eigenvalue weighted by Crippen LogP contribution is 2.34. The Morgan fingerprint density at radius 1 is 1.57 bits per heavy atom. The van der Waals surface area contributed by atoms with Crippen LogP contribution in [0.1, 0.15) is 17.3 Å². The molecule has 0 aliphatic rings. The lowest BCUT2D eigenvalue weighted by Crippen LogP contribution is -2.03. The molecule has 1 rings (SSSR count). The van der Waals surface area contributed by atoms with Crippen LogP contribution < -0.4 is 5.73 Å².